The first kappa shape index (κ1) is 15.5. The van der Waals surface area contributed by atoms with Crippen molar-refractivity contribution in [1.29, 1.82) is 0 Å². The minimum absolute atomic E-state index is 0.0866. The van der Waals surface area contributed by atoms with Gasteiger partial charge in [-0.25, -0.2) is 4.98 Å². The van der Waals surface area contributed by atoms with Crippen LogP contribution in [0.25, 0.3) is 0 Å². The highest BCUT2D eigenvalue weighted by molar-refractivity contribution is 5.77. The Morgan fingerprint density at radius 2 is 2.24 bits per heavy atom. The van der Waals surface area contributed by atoms with E-state index in [2.05, 4.69) is 25.1 Å². The van der Waals surface area contributed by atoms with Crippen molar-refractivity contribution in [2.45, 2.75) is 13.3 Å². The van der Waals surface area contributed by atoms with E-state index in [1.807, 2.05) is 6.92 Å². The van der Waals surface area contributed by atoms with E-state index in [1.54, 1.807) is 19.4 Å². The summed E-state index contributed by atoms with van der Waals surface area (Å²) >= 11 is 0. The van der Waals surface area contributed by atoms with Crippen LogP contribution in [-0.2, 0) is 4.79 Å². The Kier molecular flexibility index (Phi) is 5.74. The van der Waals surface area contributed by atoms with E-state index in [-0.39, 0.29) is 5.91 Å². The van der Waals surface area contributed by atoms with Crippen molar-refractivity contribution >= 4 is 11.9 Å². The van der Waals surface area contributed by atoms with E-state index in [9.17, 15) is 4.79 Å². The van der Waals surface area contributed by atoms with Crippen molar-refractivity contribution in [3.05, 3.63) is 12.3 Å². The molecule has 1 aliphatic rings. The first-order valence-electron chi connectivity index (χ1n) is 7.34. The summed E-state index contributed by atoms with van der Waals surface area (Å²) in [4.78, 5) is 24.6. The molecule has 1 aliphatic heterocycles. The lowest BCUT2D eigenvalue weighted by Crippen LogP contribution is -2.39. The molecule has 0 radical (unpaired) electrons. The molecule has 2 rings (SSSR count). The number of amides is 1. The van der Waals surface area contributed by atoms with Crippen LogP contribution in [0.2, 0.25) is 0 Å². The Labute approximate surface area is 125 Å². The molecule has 0 atom stereocenters. The van der Waals surface area contributed by atoms with Crippen LogP contribution in [-0.4, -0.2) is 67.2 Å². The van der Waals surface area contributed by atoms with Gasteiger partial charge in [0.1, 0.15) is 0 Å². The molecule has 7 nitrogen and oxygen atoms in total. The molecule has 0 bridgehead atoms. The number of hydrogen-bond acceptors (Lipinski definition) is 6. The van der Waals surface area contributed by atoms with Crippen molar-refractivity contribution in [3.63, 3.8) is 0 Å². The smallest absolute Gasteiger partial charge is 0.234 e. The molecule has 1 aromatic rings. The summed E-state index contributed by atoms with van der Waals surface area (Å²) in [5.74, 6) is 1.35. The number of rotatable bonds is 5. The van der Waals surface area contributed by atoms with Gasteiger partial charge in [0.05, 0.1) is 13.7 Å². The first-order chi connectivity index (χ1) is 10.2. The molecule has 0 saturated carbocycles. The van der Waals surface area contributed by atoms with Crippen molar-refractivity contribution in [2.24, 2.45) is 0 Å². The molecule has 0 aliphatic carbocycles. The quantitative estimate of drug-likeness (QED) is 0.832. The molecular formula is C14H23N5O2. The van der Waals surface area contributed by atoms with Gasteiger partial charge < -0.3 is 15.0 Å². The Hall–Kier alpha value is -1.89. The lowest BCUT2D eigenvalue weighted by molar-refractivity contribution is -0.122. The van der Waals surface area contributed by atoms with Crippen LogP contribution in [0.5, 0.6) is 5.88 Å². The fourth-order valence-electron chi connectivity index (χ4n) is 2.38. The fraction of sp³-hybridized carbons (Fsp3) is 0.643. The van der Waals surface area contributed by atoms with Gasteiger partial charge in [-0.1, -0.05) is 0 Å². The number of anilines is 1. The predicted octanol–water partition coefficient (Wildman–Crippen LogP) is 0.133. The molecule has 0 spiro atoms. The van der Waals surface area contributed by atoms with Gasteiger partial charge in [-0.05, 0) is 13.3 Å². The monoisotopic (exact) mass is 293 g/mol. The second-order valence-corrected chi connectivity index (χ2v) is 4.97. The summed E-state index contributed by atoms with van der Waals surface area (Å²) in [7, 11) is 1.60. The summed E-state index contributed by atoms with van der Waals surface area (Å²) in [5, 5.41) is 2.84. The van der Waals surface area contributed by atoms with Gasteiger partial charge in [0.25, 0.3) is 0 Å². The van der Waals surface area contributed by atoms with Gasteiger partial charge in [0, 0.05) is 45.0 Å². The van der Waals surface area contributed by atoms with Crippen LogP contribution in [0.1, 0.15) is 13.3 Å². The number of carbonyl (C=O) groups excluding carboxylic acids is 1. The number of aromatic nitrogens is 2. The van der Waals surface area contributed by atoms with Crippen LogP contribution in [0, 0.1) is 0 Å². The highest BCUT2D eigenvalue weighted by atomic mass is 16.5. The van der Waals surface area contributed by atoms with Crippen LogP contribution in [0.4, 0.5) is 5.95 Å². The zero-order valence-corrected chi connectivity index (χ0v) is 12.7. The number of ether oxygens (including phenoxy) is 1. The summed E-state index contributed by atoms with van der Waals surface area (Å²) in [6, 6.07) is 1.74. The molecule has 21 heavy (non-hydrogen) atoms. The zero-order chi connectivity index (χ0) is 15.1. The Bertz CT molecular complexity index is 468. The molecule has 116 valence electrons. The van der Waals surface area contributed by atoms with Crippen LogP contribution in [0.15, 0.2) is 12.3 Å². The number of nitrogens with zero attached hydrogens (tertiary/aromatic N) is 4. The van der Waals surface area contributed by atoms with Gasteiger partial charge in [0.15, 0.2) is 0 Å². The summed E-state index contributed by atoms with van der Waals surface area (Å²) in [6.45, 7) is 6.51. The second-order valence-electron chi connectivity index (χ2n) is 4.97. The number of methoxy groups -OCH3 is 1. The number of hydrogen-bond donors (Lipinski definition) is 1. The average molecular weight is 293 g/mol. The average Bonchev–Trinajstić information content (AvgIpc) is 2.73. The number of nitrogens with one attached hydrogen (secondary N) is 1. The highest BCUT2D eigenvalue weighted by Gasteiger charge is 2.18. The maximum absolute atomic E-state index is 11.7. The van der Waals surface area contributed by atoms with Crippen molar-refractivity contribution < 1.29 is 9.53 Å². The van der Waals surface area contributed by atoms with E-state index >= 15 is 0 Å². The SMILES string of the molecule is CCNC(=O)CN1CCCN(c2nccc(OC)n2)CC1. The van der Waals surface area contributed by atoms with E-state index in [0.29, 0.717) is 24.9 Å². The summed E-state index contributed by atoms with van der Waals surface area (Å²) in [5.41, 5.74) is 0. The molecule has 1 saturated heterocycles. The lowest BCUT2D eigenvalue weighted by Gasteiger charge is -2.21. The molecule has 0 aromatic carbocycles. The van der Waals surface area contributed by atoms with E-state index in [1.165, 1.54) is 0 Å². The van der Waals surface area contributed by atoms with Gasteiger partial charge in [-0.15, -0.1) is 0 Å². The Balaban J connectivity index is 1.92. The van der Waals surface area contributed by atoms with Crippen LogP contribution < -0.4 is 15.0 Å². The Morgan fingerprint density at radius 3 is 3.00 bits per heavy atom. The third-order valence-electron chi connectivity index (χ3n) is 3.44. The molecule has 1 amide bonds. The highest BCUT2D eigenvalue weighted by Crippen LogP contribution is 2.14. The molecule has 1 N–H and O–H groups in total. The van der Waals surface area contributed by atoms with Gasteiger partial charge in [-0.2, -0.15) is 4.98 Å². The van der Waals surface area contributed by atoms with Crippen molar-refractivity contribution in [1.82, 2.24) is 20.2 Å². The standard InChI is InChI=1S/C14H23N5O2/c1-3-15-12(20)11-18-7-4-8-19(10-9-18)14-16-6-5-13(17-14)21-2/h5-6H,3-4,7-11H2,1-2H3,(H,15,20). The van der Waals surface area contributed by atoms with Gasteiger partial charge in [-0.3, -0.25) is 9.69 Å². The molecule has 1 fully saturated rings. The maximum Gasteiger partial charge on any atom is 0.234 e. The predicted molar refractivity (Wildman–Crippen MR) is 80.5 cm³/mol. The summed E-state index contributed by atoms with van der Waals surface area (Å²) in [6.07, 6.45) is 2.69. The van der Waals surface area contributed by atoms with Crippen molar-refractivity contribution in [2.75, 3.05) is 51.3 Å². The third-order valence-corrected chi connectivity index (χ3v) is 3.44. The molecule has 2 heterocycles. The summed E-state index contributed by atoms with van der Waals surface area (Å²) < 4.78 is 5.14. The van der Waals surface area contributed by atoms with Gasteiger partial charge in [0.2, 0.25) is 17.7 Å². The number of likely N-dealkylation sites (N-methyl/N-ethyl adjacent to an activating group) is 1. The normalized spacial score (nSPS) is 16.4. The lowest BCUT2D eigenvalue weighted by atomic mass is 10.4. The van der Waals surface area contributed by atoms with Crippen LogP contribution >= 0.6 is 0 Å². The fourth-order valence-corrected chi connectivity index (χ4v) is 2.38. The minimum Gasteiger partial charge on any atom is -0.481 e. The third kappa shape index (κ3) is 4.56. The molecule has 0 unspecified atom stereocenters. The second kappa shape index (κ2) is 7.78. The van der Waals surface area contributed by atoms with Gasteiger partial charge >= 0.3 is 0 Å². The van der Waals surface area contributed by atoms with Crippen LogP contribution in [0.3, 0.4) is 0 Å². The maximum atomic E-state index is 11.7. The topological polar surface area (TPSA) is 70.6 Å². The molecule has 7 heteroatoms. The molecule has 1 aromatic heterocycles. The zero-order valence-electron chi connectivity index (χ0n) is 12.7. The minimum atomic E-state index is 0.0866. The number of carbonyl (C=O) groups is 1. The van der Waals surface area contributed by atoms with Crippen molar-refractivity contribution in [3.8, 4) is 5.88 Å². The molecular weight excluding hydrogens is 270 g/mol. The van der Waals surface area contributed by atoms with E-state index in [4.69, 9.17) is 4.74 Å². The van der Waals surface area contributed by atoms with E-state index in [0.717, 1.165) is 32.6 Å². The largest absolute Gasteiger partial charge is 0.481 e. The van der Waals surface area contributed by atoms with E-state index < -0.39 is 0 Å². The first-order valence-corrected chi connectivity index (χ1v) is 7.34. The Morgan fingerprint density at radius 1 is 1.38 bits per heavy atom.